The Morgan fingerprint density at radius 3 is 2.53 bits per heavy atom. The molecule has 0 aliphatic heterocycles. The maximum absolute atomic E-state index is 13.8. The van der Waals surface area contributed by atoms with Gasteiger partial charge >= 0.3 is 0 Å². The molecule has 162 valence electrons. The van der Waals surface area contributed by atoms with E-state index in [0.717, 1.165) is 10.0 Å². The first-order valence-corrected chi connectivity index (χ1v) is 11.9. The largest absolute Gasteiger partial charge is 0.354 e. The summed E-state index contributed by atoms with van der Waals surface area (Å²) in [5, 5.41) is 2.91. The zero-order valence-electron chi connectivity index (χ0n) is 17.5. The van der Waals surface area contributed by atoms with Gasteiger partial charge < -0.3 is 10.2 Å². The van der Waals surface area contributed by atoms with Gasteiger partial charge in [-0.25, -0.2) is 4.39 Å². The highest BCUT2D eigenvalue weighted by Gasteiger charge is 2.26. The minimum Gasteiger partial charge on any atom is -0.354 e. The van der Waals surface area contributed by atoms with Crippen LogP contribution in [0.1, 0.15) is 31.9 Å². The third kappa shape index (κ3) is 7.76. The van der Waals surface area contributed by atoms with Crippen LogP contribution in [0.4, 0.5) is 4.39 Å². The van der Waals surface area contributed by atoms with Crippen LogP contribution in [0.25, 0.3) is 0 Å². The van der Waals surface area contributed by atoms with Crippen molar-refractivity contribution in [2.75, 3.05) is 12.3 Å². The summed E-state index contributed by atoms with van der Waals surface area (Å²) < 4.78 is 14.7. The van der Waals surface area contributed by atoms with Gasteiger partial charge in [0.2, 0.25) is 11.8 Å². The molecule has 2 amide bonds. The second-order valence-corrected chi connectivity index (χ2v) is 9.45. The molecular weight excluding hydrogens is 467 g/mol. The van der Waals surface area contributed by atoms with Crippen LogP contribution < -0.4 is 5.32 Å². The molecule has 7 heteroatoms. The van der Waals surface area contributed by atoms with E-state index in [1.54, 1.807) is 30.0 Å². The van der Waals surface area contributed by atoms with Crippen LogP contribution in [0.3, 0.4) is 0 Å². The number of thioether (sulfide) groups is 1. The van der Waals surface area contributed by atoms with Gasteiger partial charge in [0, 0.05) is 23.3 Å². The molecule has 4 nitrogen and oxygen atoms in total. The first kappa shape index (κ1) is 24.4. The Bertz CT molecular complexity index is 863. The van der Waals surface area contributed by atoms with Crippen molar-refractivity contribution in [3.63, 3.8) is 0 Å². The van der Waals surface area contributed by atoms with Crippen molar-refractivity contribution in [3.05, 3.63) is 69.9 Å². The maximum atomic E-state index is 13.8. The molecule has 0 aliphatic carbocycles. The number of hydrogen-bond donors (Lipinski definition) is 1. The molecule has 0 aliphatic rings. The Morgan fingerprint density at radius 1 is 1.13 bits per heavy atom. The van der Waals surface area contributed by atoms with Gasteiger partial charge in [-0.05, 0) is 42.2 Å². The first-order valence-electron chi connectivity index (χ1n) is 9.90. The monoisotopic (exact) mass is 494 g/mol. The van der Waals surface area contributed by atoms with Crippen molar-refractivity contribution in [1.29, 1.82) is 0 Å². The molecule has 0 heterocycles. The first-order chi connectivity index (χ1) is 14.3. The minimum atomic E-state index is -0.607. The standard InChI is InChI=1S/C23H28BrFN2O2S/c1-16(2)12-26-23(29)17(3)27(13-18-7-6-9-20(24)11-18)22(28)15-30-14-19-8-4-5-10-21(19)25/h4-11,16-17H,12-15H2,1-3H3,(H,26,29). The Morgan fingerprint density at radius 2 is 1.87 bits per heavy atom. The van der Waals surface area contributed by atoms with Gasteiger partial charge in [-0.15, -0.1) is 11.8 Å². The molecule has 0 saturated heterocycles. The number of amides is 2. The molecule has 0 radical (unpaired) electrons. The Kier molecular flexibility index (Phi) is 9.85. The number of halogens is 2. The van der Waals surface area contributed by atoms with Crippen molar-refractivity contribution in [2.45, 2.75) is 39.1 Å². The Balaban J connectivity index is 2.07. The van der Waals surface area contributed by atoms with E-state index in [4.69, 9.17) is 0 Å². The number of benzene rings is 2. The topological polar surface area (TPSA) is 49.4 Å². The van der Waals surface area contributed by atoms with Crippen LogP contribution in [-0.2, 0) is 21.9 Å². The van der Waals surface area contributed by atoms with Crippen LogP contribution in [0.15, 0.2) is 53.0 Å². The number of nitrogens with zero attached hydrogens (tertiary/aromatic N) is 1. The number of rotatable bonds is 10. The fraction of sp³-hybridized carbons (Fsp3) is 0.391. The number of hydrogen-bond acceptors (Lipinski definition) is 3. The van der Waals surface area contributed by atoms with Crippen molar-refractivity contribution in [3.8, 4) is 0 Å². The molecule has 0 aromatic heterocycles. The molecule has 0 fully saturated rings. The van der Waals surface area contributed by atoms with E-state index in [9.17, 15) is 14.0 Å². The van der Waals surface area contributed by atoms with Crippen molar-refractivity contribution in [1.82, 2.24) is 10.2 Å². The third-order valence-electron chi connectivity index (χ3n) is 4.53. The van der Waals surface area contributed by atoms with Crippen LogP contribution in [0, 0.1) is 11.7 Å². The zero-order valence-corrected chi connectivity index (χ0v) is 19.9. The molecule has 0 saturated carbocycles. The van der Waals surface area contributed by atoms with Crippen molar-refractivity contribution < 1.29 is 14.0 Å². The number of carbonyl (C=O) groups excluding carboxylic acids is 2. The summed E-state index contributed by atoms with van der Waals surface area (Å²) in [5.41, 5.74) is 1.50. The lowest BCUT2D eigenvalue weighted by Crippen LogP contribution is -2.48. The van der Waals surface area contributed by atoms with Crippen LogP contribution in [0.5, 0.6) is 0 Å². The van der Waals surface area contributed by atoms with Crippen LogP contribution >= 0.6 is 27.7 Å². The third-order valence-corrected chi connectivity index (χ3v) is 5.99. The molecule has 2 aromatic carbocycles. The SMILES string of the molecule is CC(C)CNC(=O)C(C)N(Cc1cccc(Br)c1)C(=O)CSCc1ccccc1F. The fourth-order valence-corrected chi connectivity index (χ4v) is 4.16. The number of nitrogens with one attached hydrogen (secondary N) is 1. The normalized spacial score (nSPS) is 11.9. The highest BCUT2D eigenvalue weighted by molar-refractivity contribution is 9.10. The van der Waals surface area contributed by atoms with Crippen molar-refractivity contribution in [2.24, 2.45) is 5.92 Å². The smallest absolute Gasteiger partial charge is 0.242 e. The molecular formula is C23H28BrFN2O2S. The van der Waals surface area contributed by atoms with E-state index in [1.807, 2.05) is 38.1 Å². The molecule has 0 bridgehead atoms. The van der Waals surface area contributed by atoms with Gasteiger partial charge in [0.1, 0.15) is 11.9 Å². The lowest BCUT2D eigenvalue weighted by molar-refractivity contribution is -0.138. The van der Waals surface area contributed by atoms with Crippen LogP contribution in [-0.4, -0.2) is 35.1 Å². The van der Waals surface area contributed by atoms with E-state index in [1.165, 1.54) is 17.8 Å². The molecule has 1 atom stereocenters. The van der Waals surface area contributed by atoms with E-state index in [0.29, 0.717) is 30.3 Å². The predicted molar refractivity (Wildman–Crippen MR) is 125 cm³/mol. The molecule has 1 N–H and O–H groups in total. The van der Waals surface area contributed by atoms with Crippen molar-refractivity contribution >= 4 is 39.5 Å². The second kappa shape index (κ2) is 12.1. The quantitative estimate of drug-likeness (QED) is 0.504. The fourth-order valence-electron chi connectivity index (χ4n) is 2.81. The van der Waals surface area contributed by atoms with E-state index >= 15 is 0 Å². The number of carbonyl (C=O) groups is 2. The summed E-state index contributed by atoms with van der Waals surface area (Å²) in [5.74, 6) is 0.299. The van der Waals surface area contributed by atoms with Gasteiger partial charge in [0.05, 0.1) is 5.75 Å². The van der Waals surface area contributed by atoms with Gasteiger partial charge in [0.25, 0.3) is 0 Å². The zero-order chi connectivity index (χ0) is 22.1. The predicted octanol–water partition coefficient (Wildman–Crippen LogP) is 5.01. The lowest BCUT2D eigenvalue weighted by atomic mass is 10.1. The molecule has 1 unspecified atom stereocenters. The van der Waals surface area contributed by atoms with E-state index < -0.39 is 6.04 Å². The van der Waals surface area contributed by atoms with Gasteiger partial charge in [0.15, 0.2) is 0 Å². The summed E-state index contributed by atoms with van der Waals surface area (Å²) in [7, 11) is 0. The van der Waals surface area contributed by atoms with Gasteiger partial charge in [-0.1, -0.05) is 60.1 Å². The maximum Gasteiger partial charge on any atom is 0.242 e. The summed E-state index contributed by atoms with van der Waals surface area (Å²) in [6, 6.07) is 13.6. The minimum absolute atomic E-state index is 0.150. The van der Waals surface area contributed by atoms with Gasteiger partial charge in [-0.3, -0.25) is 9.59 Å². The van der Waals surface area contributed by atoms with E-state index in [2.05, 4.69) is 21.2 Å². The molecule has 0 spiro atoms. The Hall–Kier alpha value is -1.86. The molecule has 2 rings (SSSR count). The summed E-state index contributed by atoms with van der Waals surface area (Å²) in [6.07, 6.45) is 0. The van der Waals surface area contributed by atoms with Crippen LogP contribution in [0.2, 0.25) is 0 Å². The average Bonchev–Trinajstić information content (AvgIpc) is 2.71. The highest BCUT2D eigenvalue weighted by Crippen LogP contribution is 2.19. The molecule has 2 aromatic rings. The summed E-state index contributed by atoms with van der Waals surface area (Å²) in [6.45, 7) is 6.68. The van der Waals surface area contributed by atoms with E-state index in [-0.39, 0.29) is 23.4 Å². The Labute approximate surface area is 190 Å². The lowest BCUT2D eigenvalue weighted by Gasteiger charge is -2.29. The second-order valence-electron chi connectivity index (χ2n) is 7.55. The average molecular weight is 495 g/mol. The van der Waals surface area contributed by atoms with Gasteiger partial charge in [-0.2, -0.15) is 0 Å². The summed E-state index contributed by atoms with van der Waals surface area (Å²) in [4.78, 5) is 27.2. The summed E-state index contributed by atoms with van der Waals surface area (Å²) >= 11 is 4.79. The molecule has 30 heavy (non-hydrogen) atoms. The highest BCUT2D eigenvalue weighted by atomic mass is 79.9.